The van der Waals surface area contributed by atoms with Crippen LogP contribution < -0.4 is 26.6 Å². The topological polar surface area (TPSA) is 183 Å². The molecule has 5 amide bonds. The van der Waals surface area contributed by atoms with Gasteiger partial charge in [-0.2, -0.15) is 0 Å². The van der Waals surface area contributed by atoms with Crippen molar-refractivity contribution in [1.29, 1.82) is 0 Å². The number of thioether (sulfide) groups is 1. The van der Waals surface area contributed by atoms with Gasteiger partial charge in [0.1, 0.15) is 24.2 Å². The molecule has 1 fully saturated rings. The van der Waals surface area contributed by atoms with Crippen LogP contribution in [0.3, 0.4) is 0 Å². The van der Waals surface area contributed by atoms with Gasteiger partial charge in [-0.05, 0) is 71.0 Å². The second-order valence-corrected chi connectivity index (χ2v) is 17.2. The van der Waals surface area contributed by atoms with Crippen molar-refractivity contribution in [3.63, 3.8) is 0 Å². The zero-order valence-corrected chi connectivity index (χ0v) is 34.6. The maximum absolute atomic E-state index is 14.6. The van der Waals surface area contributed by atoms with E-state index in [9.17, 15) is 33.9 Å². The molecule has 1 saturated carbocycles. The van der Waals surface area contributed by atoms with Crippen molar-refractivity contribution in [2.45, 2.75) is 87.2 Å². The molecule has 13 heteroatoms. The Bertz CT molecular complexity index is 2210. The first kappa shape index (κ1) is 42.9. The number of carbonyl (C=O) groups is 6. The van der Waals surface area contributed by atoms with E-state index in [2.05, 4.69) is 26.6 Å². The zero-order chi connectivity index (χ0) is 42.7. The predicted octanol–water partition coefficient (Wildman–Crippen LogP) is 5.57. The van der Waals surface area contributed by atoms with Gasteiger partial charge in [0.15, 0.2) is 0 Å². The number of allylic oxidation sites excluding steroid dienone is 1. The number of anilines is 1. The summed E-state index contributed by atoms with van der Waals surface area (Å²) in [6, 6.07) is 28.4. The Kier molecular flexibility index (Phi) is 14.3. The molecule has 12 nitrogen and oxygen atoms in total. The van der Waals surface area contributed by atoms with Gasteiger partial charge in [0, 0.05) is 42.0 Å². The largest absolute Gasteiger partial charge is 0.480 e. The van der Waals surface area contributed by atoms with Crippen LogP contribution in [0.5, 0.6) is 0 Å². The first-order chi connectivity index (χ1) is 29.6. The second kappa shape index (κ2) is 20.4. The quantitative estimate of drug-likeness (QED) is 0.125. The lowest BCUT2D eigenvalue weighted by Gasteiger charge is -2.32. The molecule has 0 saturated heterocycles. The fourth-order valence-electron chi connectivity index (χ4n) is 8.29. The number of carboxylic acid groups (broad SMARTS) is 1. The van der Waals surface area contributed by atoms with Crippen LogP contribution in [-0.2, 0) is 48.0 Å². The van der Waals surface area contributed by atoms with E-state index in [4.69, 9.17) is 0 Å². The fraction of sp³-hybridized carbons (Fsp3) is 0.333. The lowest BCUT2D eigenvalue weighted by atomic mass is 9.78. The van der Waals surface area contributed by atoms with Crippen LogP contribution in [-0.4, -0.2) is 70.0 Å². The molecule has 61 heavy (non-hydrogen) atoms. The third kappa shape index (κ3) is 11.5. The van der Waals surface area contributed by atoms with E-state index in [1.807, 2.05) is 84.3 Å². The Labute approximate surface area is 359 Å². The number of benzene rings is 4. The maximum Gasteiger partial charge on any atom is 0.326 e. The number of aliphatic carboxylic acids is 1. The molecule has 4 aromatic rings. The van der Waals surface area contributed by atoms with E-state index in [1.165, 1.54) is 0 Å². The lowest BCUT2D eigenvalue weighted by molar-refractivity contribution is -0.142. The fourth-order valence-corrected chi connectivity index (χ4v) is 9.26. The van der Waals surface area contributed by atoms with Gasteiger partial charge in [-0.1, -0.05) is 116 Å². The molecule has 3 aliphatic heterocycles. The molecular formula is C48H51N5O7S. The standard InChI is InChI=1S/C48H51N5O7S/c54-43-37-15-7-8-16-38(37)44(55)50-41(29-36-14-9-25-61-36)47(58)52-40(27-31-17-21-34(22-18-31)33-12-5-2-6-13-33)45(56)51-39(26-30-10-3-1-4-11-30)46(57)53-42(48(59)60)28-32-19-23-35(49-43)24-20-32/h1-6,9-13,17-25,36-42H,7-8,14-16,26-29H2,(H,49,54)(H,50,55)(H,51,56)(H,52,58)(H,53,57)(H,59,60)/t36?,37-,38-,39-,40+,41-,42+/m1/s1. The SMILES string of the molecule is O=C(O)[C@@H]1Cc2ccc(cc2)NC(=O)[C@@H]2CCCC[C@H]2C(=O)N[C@H](CC2CC=CS2)C(=O)N[C@@H](Cc2ccc(-c3ccccc3)cc2)C(=O)N[C@H](Cc2ccccc2)C(=O)N1. The molecule has 0 aromatic heterocycles. The minimum absolute atomic E-state index is 0.00196. The molecule has 6 N–H and O–H groups in total. The van der Waals surface area contributed by atoms with E-state index in [0.717, 1.165) is 35.1 Å². The third-order valence-electron chi connectivity index (χ3n) is 11.7. The number of hydrogen-bond acceptors (Lipinski definition) is 7. The van der Waals surface area contributed by atoms with Crippen LogP contribution in [0.4, 0.5) is 5.69 Å². The molecule has 0 radical (unpaired) electrons. The minimum Gasteiger partial charge on any atom is -0.480 e. The maximum atomic E-state index is 14.6. The molecule has 4 aliphatic rings. The highest BCUT2D eigenvalue weighted by atomic mass is 32.2. The number of carboxylic acids is 1. The van der Waals surface area contributed by atoms with Crippen LogP contribution in [0, 0.1) is 11.8 Å². The van der Waals surface area contributed by atoms with E-state index in [-0.39, 0.29) is 36.8 Å². The Morgan fingerprint density at radius 2 is 1.13 bits per heavy atom. The molecule has 0 spiro atoms. The number of fused-ring (bicyclic) bond motifs is 15. The van der Waals surface area contributed by atoms with Gasteiger partial charge < -0.3 is 31.7 Å². The van der Waals surface area contributed by atoms with Gasteiger partial charge in [0.05, 0.1) is 0 Å². The van der Waals surface area contributed by atoms with E-state index in [1.54, 1.807) is 48.2 Å². The van der Waals surface area contributed by atoms with Gasteiger partial charge in [-0.3, -0.25) is 24.0 Å². The number of carbonyl (C=O) groups excluding carboxylic acids is 5. The summed E-state index contributed by atoms with van der Waals surface area (Å²) in [6.07, 6.45) is 5.50. The van der Waals surface area contributed by atoms with Crippen LogP contribution in [0.2, 0.25) is 0 Å². The van der Waals surface area contributed by atoms with Gasteiger partial charge in [0.2, 0.25) is 29.5 Å². The Balaban J connectivity index is 1.24. The van der Waals surface area contributed by atoms with Gasteiger partial charge >= 0.3 is 5.97 Å². The molecule has 2 bridgehead atoms. The summed E-state index contributed by atoms with van der Waals surface area (Å²) in [5.74, 6) is -5.23. The van der Waals surface area contributed by atoms with Crippen LogP contribution >= 0.6 is 11.8 Å². The van der Waals surface area contributed by atoms with E-state index in [0.29, 0.717) is 30.5 Å². The molecule has 7 atom stereocenters. The van der Waals surface area contributed by atoms with Crippen LogP contribution in [0.15, 0.2) is 121 Å². The smallest absolute Gasteiger partial charge is 0.326 e. The van der Waals surface area contributed by atoms with Crippen molar-refractivity contribution in [2.75, 3.05) is 5.32 Å². The summed E-state index contributed by atoms with van der Waals surface area (Å²) < 4.78 is 0. The minimum atomic E-state index is -1.35. The van der Waals surface area contributed by atoms with Crippen molar-refractivity contribution in [2.24, 2.45) is 11.8 Å². The monoisotopic (exact) mass is 841 g/mol. The summed E-state index contributed by atoms with van der Waals surface area (Å²) in [5, 5.41) is 26.6. The first-order valence-electron chi connectivity index (χ1n) is 20.9. The van der Waals surface area contributed by atoms with Crippen LogP contribution in [0.25, 0.3) is 11.1 Å². The summed E-state index contributed by atoms with van der Waals surface area (Å²) in [4.78, 5) is 83.8. The average Bonchev–Trinajstić information content (AvgIpc) is 3.80. The Hall–Kier alpha value is -6.21. The molecule has 8 rings (SSSR count). The first-order valence-corrected chi connectivity index (χ1v) is 21.9. The number of hydrogen-bond donors (Lipinski definition) is 6. The van der Waals surface area contributed by atoms with Gasteiger partial charge in [-0.25, -0.2) is 4.79 Å². The molecular weight excluding hydrogens is 791 g/mol. The highest BCUT2D eigenvalue weighted by Crippen LogP contribution is 2.33. The molecule has 4 aromatic carbocycles. The van der Waals surface area contributed by atoms with E-state index >= 15 is 0 Å². The highest BCUT2D eigenvalue weighted by Gasteiger charge is 2.39. The van der Waals surface area contributed by atoms with Crippen molar-refractivity contribution in [3.05, 3.63) is 137 Å². The highest BCUT2D eigenvalue weighted by molar-refractivity contribution is 8.03. The van der Waals surface area contributed by atoms with Crippen molar-refractivity contribution >= 4 is 53.0 Å². The third-order valence-corrected chi connectivity index (χ3v) is 12.8. The zero-order valence-electron chi connectivity index (χ0n) is 33.8. The number of rotatable bonds is 8. The Morgan fingerprint density at radius 1 is 0.590 bits per heavy atom. The lowest BCUT2D eigenvalue weighted by Crippen LogP contribution is -2.59. The van der Waals surface area contributed by atoms with Crippen molar-refractivity contribution in [1.82, 2.24) is 21.3 Å². The summed E-state index contributed by atoms with van der Waals surface area (Å²) in [6.45, 7) is 0. The van der Waals surface area contributed by atoms with Crippen LogP contribution in [0.1, 0.15) is 55.2 Å². The summed E-state index contributed by atoms with van der Waals surface area (Å²) in [5.41, 5.74) is 4.52. The van der Waals surface area contributed by atoms with Crippen molar-refractivity contribution in [3.8, 4) is 11.1 Å². The molecule has 316 valence electrons. The second-order valence-electron chi connectivity index (χ2n) is 16.0. The normalized spacial score (nSPS) is 25.2. The predicted molar refractivity (Wildman–Crippen MR) is 235 cm³/mol. The summed E-state index contributed by atoms with van der Waals surface area (Å²) >= 11 is 1.57. The van der Waals surface area contributed by atoms with Gasteiger partial charge in [0.25, 0.3) is 0 Å². The number of amides is 5. The van der Waals surface area contributed by atoms with E-state index < -0.39 is 65.6 Å². The molecule has 3 heterocycles. The molecule has 1 unspecified atom stereocenters. The van der Waals surface area contributed by atoms with Crippen molar-refractivity contribution < 1.29 is 33.9 Å². The average molecular weight is 842 g/mol. The number of nitrogens with one attached hydrogen (secondary N) is 5. The Morgan fingerprint density at radius 3 is 1.74 bits per heavy atom. The summed E-state index contributed by atoms with van der Waals surface area (Å²) in [7, 11) is 0. The van der Waals surface area contributed by atoms with Gasteiger partial charge in [-0.15, -0.1) is 11.8 Å². The molecule has 1 aliphatic carbocycles.